The van der Waals surface area contributed by atoms with Gasteiger partial charge < -0.3 is 0 Å². The third-order valence-corrected chi connectivity index (χ3v) is 1.45. The first-order valence-corrected chi connectivity index (χ1v) is 4.73. The molecule has 0 N–H and O–H groups in total. The number of hydrogen-bond acceptors (Lipinski definition) is 0. The van der Waals surface area contributed by atoms with Crippen LogP contribution in [0.2, 0.25) is 0 Å². The molecule has 13 heavy (non-hydrogen) atoms. The first kappa shape index (κ1) is 12.0. The van der Waals surface area contributed by atoms with Crippen molar-refractivity contribution in [3.8, 4) is 0 Å². The molecule has 0 aromatic rings. The standard InChI is InChI=1S/C13H20/c1-12(2)10-8-6-5-7-9-11-13(3)4/h5-8,10-11H,9H2,1-4H3. The first-order chi connectivity index (χ1) is 6.13. The minimum Gasteiger partial charge on any atom is -0.0821 e. The highest BCUT2D eigenvalue weighted by Crippen LogP contribution is 1.94. The van der Waals surface area contributed by atoms with Gasteiger partial charge in [-0.25, -0.2) is 0 Å². The summed E-state index contributed by atoms with van der Waals surface area (Å²) in [6.45, 7) is 8.42. The van der Waals surface area contributed by atoms with Gasteiger partial charge in [0.15, 0.2) is 0 Å². The van der Waals surface area contributed by atoms with E-state index in [2.05, 4.69) is 64.2 Å². The van der Waals surface area contributed by atoms with Gasteiger partial charge in [-0.15, -0.1) is 0 Å². The maximum atomic E-state index is 2.21. The molecule has 0 heterocycles. The monoisotopic (exact) mass is 176 g/mol. The number of allylic oxidation sites excluding steroid dienone is 8. The largest absolute Gasteiger partial charge is 0.0821 e. The van der Waals surface area contributed by atoms with E-state index in [4.69, 9.17) is 0 Å². The summed E-state index contributed by atoms with van der Waals surface area (Å²) in [5.74, 6) is 0. The molecule has 0 aliphatic carbocycles. The molecule has 0 unspecified atom stereocenters. The topological polar surface area (TPSA) is 0 Å². The van der Waals surface area contributed by atoms with Gasteiger partial charge in [0.05, 0.1) is 0 Å². The summed E-state index contributed by atoms with van der Waals surface area (Å²) in [6.07, 6.45) is 13.7. The lowest BCUT2D eigenvalue weighted by Crippen LogP contribution is -1.63. The van der Waals surface area contributed by atoms with Gasteiger partial charge in [-0.05, 0) is 34.1 Å². The molecular formula is C13H20. The normalized spacial score (nSPS) is 10.8. The van der Waals surface area contributed by atoms with Crippen LogP contribution in [-0.2, 0) is 0 Å². The summed E-state index contributed by atoms with van der Waals surface area (Å²) in [4.78, 5) is 0. The van der Waals surface area contributed by atoms with E-state index in [9.17, 15) is 0 Å². The van der Waals surface area contributed by atoms with Crippen LogP contribution in [0.5, 0.6) is 0 Å². The van der Waals surface area contributed by atoms with Crippen molar-refractivity contribution in [2.45, 2.75) is 34.1 Å². The maximum Gasteiger partial charge on any atom is -0.0164 e. The molecule has 0 aliphatic rings. The fraction of sp³-hybridized carbons (Fsp3) is 0.385. The lowest BCUT2D eigenvalue weighted by molar-refractivity contribution is 1.28. The van der Waals surface area contributed by atoms with Crippen LogP contribution in [0.1, 0.15) is 34.1 Å². The van der Waals surface area contributed by atoms with Crippen molar-refractivity contribution in [1.82, 2.24) is 0 Å². The van der Waals surface area contributed by atoms with Crippen LogP contribution in [0.15, 0.2) is 47.6 Å². The molecule has 0 radical (unpaired) electrons. The number of rotatable bonds is 4. The van der Waals surface area contributed by atoms with E-state index in [0.717, 1.165) is 6.42 Å². The van der Waals surface area contributed by atoms with E-state index in [1.165, 1.54) is 11.1 Å². The first-order valence-electron chi connectivity index (χ1n) is 4.73. The summed E-state index contributed by atoms with van der Waals surface area (Å²) >= 11 is 0. The molecule has 0 atom stereocenters. The smallest absolute Gasteiger partial charge is 0.0164 e. The average Bonchev–Trinajstić information content (AvgIpc) is 2.01. The van der Waals surface area contributed by atoms with Gasteiger partial charge in [0.2, 0.25) is 0 Å². The zero-order valence-electron chi connectivity index (χ0n) is 9.17. The number of hydrogen-bond donors (Lipinski definition) is 0. The molecule has 0 spiro atoms. The van der Waals surface area contributed by atoms with Crippen molar-refractivity contribution in [1.29, 1.82) is 0 Å². The van der Waals surface area contributed by atoms with Crippen molar-refractivity contribution >= 4 is 0 Å². The Labute approximate surface area is 82.4 Å². The zero-order chi connectivity index (χ0) is 10.1. The summed E-state index contributed by atoms with van der Waals surface area (Å²) in [5, 5.41) is 0. The maximum absolute atomic E-state index is 2.21. The molecule has 0 aromatic heterocycles. The van der Waals surface area contributed by atoms with Gasteiger partial charge in [0, 0.05) is 0 Å². The van der Waals surface area contributed by atoms with Crippen molar-refractivity contribution in [3.63, 3.8) is 0 Å². The van der Waals surface area contributed by atoms with Crippen LogP contribution >= 0.6 is 0 Å². The molecule has 72 valence electrons. The van der Waals surface area contributed by atoms with E-state index in [-0.39, 0.29) is 0 Å². The van der Waals surface area contributed by atoms with Crippen LogP contribution in [-0.4, -0.2) is 0 Å². The highest BCUT2D eigenvalue weighted by Gasteiger charge is 1.73. The van der Waals surface area contributed by atoms with Crippen LogP contribution in [0.3, 0.4) is 0 Å². The Morgan fingerprint density at radius 1 is 0.846 bits per heavy atom. The van der Waals surface area contributed by atoms with E-state index in [0.29, 0.717) is 0 Å². The predicted molar refractivity (Wildman–Crippen MR) is 61.8 cm³/mol. The van der Waals surface area contributed by atoms with Crippen LogP contribution in [0, 0.1) is 0 Å². The zero-order valence-corrected chi connectivity index (χ0v) is 9.17. The highest BCUT2D eigenvalue weighted by molar-refractivity contribution is 5.14. The fourth-order valence-electron chi connectivity index (χ4n) is 0.773. The lowest BCUT2D eigenvalue weighted by Gasteiger charge is -1.84. The van der Waals surface area contributed by atoms with Gasteiger partial charge in [0.1, 0.15) is 0 Å². The second-order valence-corrected chi connectivity index (χ2v) is 3.57. The SMILES string of the molecule is CC(C)=CC=CC=CCC=C(C)C. The van der Waals surface area contributed by atoms with Gasteiger partial charge in [-0.2, -0.15) is 0 Å². The molecule has 0 fully saturated rings. The van der Waals surface area contributed by atoms with Crippen molar-refractivity contribution in [2.24, 2.45) is 0 Å². The average molecular weight is 176 g/mol. The molecule has 0 aliphatic heterocycles. The Balaban J connectivity index is 3.70. The predicted octanol–water partition coefficient (Wildman–Crippen LogP) is 4.42. The van der Waals surface area contributed by atoms with E-state index in [1.807, 2.05) is 0 Å². The molecule has 0 saturated carbocycles. The summed E-state index contributed by atoms with van der Waals surface area (Å²) < 4.78 is 0. The van der Waals surface area contributed by atoms with Gasteiger partial charge in [-0.3, -0.25) is 0 Å². The molecule has 0 amide bonds. The Morgan fingerprint density at radius 2 is 1.54 bits per heavy atom. The third-order valence-electron chi connectivity index (χ3n) is 1.45. The second kappa shape index (κ2) is 7.60. The van der Waals surface area contributed by atoms with Gasteiger partial charge >= 0.3 is 0 Å². The fourth-order valence-corrected chi connectivity index (χ4v) is 0.773. The van der Waals surface area contributed by atoms with Crippen molar-refractivity contribution in [3.05, 3.63) is 47.6 Å². The Hall–Kier alpha value is -1.04. The van der Waals surface area contributed by atoms with Crippen molar-refractivity contribution in [2.75, 3.05) is 0 Å². The van der Waals surface area contributed by atoms with E-state index in [1.54, 1.807) is 0 Å². The minimum absolute atomic E-state index is 1.03. The molecule has 0 nitrogen and oxygen atoms in total. The van der Waals surface area contributed by atoms with Crippen LogP contribution < -0.4 is 0 Å². The van der Waals surface area contributed by atoms with Crippen molar-refractivity contribution < 1.29 is 0 Å². The lowest BCUT2D eigenvalue weighted by atomic mass is 10.2. The molecule has 0 aromatic carbocycles. The minimum atomic E-state index is 1.03. The molecular weight excluding hydrogens is 156 g/mol. The Morgan fingerprint density at radius 3 is 2.08 bits per heavy atom. The van der Waals surface area contributed by atoms with Crippen LogP contribution in [0.4, 0.5) is 0 Å². The molecule has 0 bridgehead atoms. The highest BCUT2D eigenvalue weighted by atomic mass is 13.8. The van der Waals surface area contributed by atoms with E-state index >= 15 is 0 Å². The molecule has 0 heteroatoms. The third kappa shape index (κ3) is 11.0. The molecule has 0 saturated heterocycles. The van der Waals surface area contributed by atoms with E-state index < -0.39 is 0 Å². The summed E-state index contributed by atoms with van der Waals surface area (Å²) in [6, 6.07) is 0. The Kier molecular flexibility index (Phi) is 6.99. The second-order valence-electron chi connectivity index (χ2n) is 3.57. The quantitative estimate of drug-likeness (QED) is 0.439. The Bertz CT molecular complexity index is 229. The summed E-state index contributed by atoms with van der Waals surface area (Å²) in [5.41, 5.74) is 2.70. The van der Waals surface area contributed by atoms with Crippen LogP contribution in [0.25, 0.3) is 0 Å². The van der Waals surface area contributed by atoms with Gasteiger partial charge in [0.25, 0.3) is 0 Å². The van der Waals surface area contributed by atoms with Gasteiger partial charge in [-0.1, -0.05) is 47.6 Å². The molecule has 0 rings (SSSR count). The summed E-state index contributed by atoms with van der Waals surface area (Å²) in [7, 11) is 0.